The van der Waals surface area contributed by atoms with E-state index < -0.39 is 6.04 Å². The summed E-state index contributed by atoms with van der Waals surface area (Å²) >= 11 is 1.32. The molecule has 3 unspecified atom stereocenters. The molecule has 0 saturated heterocycles. The van der Waals surface area contributed by atoms with E-state index in [1.165, 1.54) is 11.3 Å². The molecule has 3 atom stereocenters. The van der Waals surface area contributed by atoms with Crippen LogP contribution in [0.15, 0.2) is 29.5 Å². The average Bonchev–Trinajstić information content (AvgIpc) is 3.39. The number of carbonyl (C=O) groups is 2. The van der Waals surface area contributed by atoms with Gasteiger partial charge in [-0.05, 0) is 57.2 Å². The predicted octanol–water partition coefficient (Wildman–Crippen LogP) is 4.53. The molecule has 1 saturated carbocycles. The Hall–Kier alpha value is -2.94. The topological polar surface area (TPSA) is 90.9 Å². The molecule has 1 aromatic carbocycles. The molecule has 0 spiro atoms. The van der Waals surface area contributed by atoms with Gasteiger partial charge in [-0.2, -0.15) is 0 Å². The summed E-state index contributed by atoms with van der Waals surface area (Å²) in [5.74, 6) is 0.855. The number of aromatic nitrogens is 2. The number of benzene rings is 1. The van der Waals surface area contributed by atoms with E-state index in [1.807, 2.05) is 39.0 Å². The van der Waals surface area contributed by atoms with Gasteiger partial charge in [0, 0.05) is 0 Å². The monoisotopic (exact) mass is 483 g/mol. The zero-order chi connectivity index (χ0) is 23.8. The van der Waals surface area contributed by atoms with Crippen LogP contribution in [0, 0.1) is 12.8 Å². The van der Waals surface area contributed by atoms with Crippen LogP contribution < -0.4 is 14.4 Å². The largest absolute Gasteiger partial charge is 0.490 e. The minimum absolute atomic E-state index is 0.0114. The maximum Gasteiger partial charge on any atom is 0.296 e. The van der Waals surface area contributed by atoms with E-state index in [4.69, 9.17) is 14.2 Å². The number of anilines is 1. The van der Waals surface area contributed by atoms with Crippen molar-refractivity contribution in [3.63, 3.8) is 0 Å². The molecule has 1 aliphatic carbocycles. The van der Waals surface area contributed by atoms with Crippen LogP contribution >= 0.6 is 11.3 Å². The maximum atomic E-state index is 13.8. The zero-order valence-electron chi connectivity index (χ0n) is 19.7. The van der Waals surface area contributed by atoms with Crippen LogP contribution in [-0.2, 0) is 14.3 Å². The smallest absolute Gasteiger partial charge is 0.296 e. The Balaban J connectivity index is 1.62. The van der Waals surface area contributed by atoms with Crippen molar-refractivity contribution in [1.29, 1.82) is 0 Å². The van der Waals surface area contributed by atoms with Crippen LogP contribution in [0.1, 0.15) is 62.6 Å². The van der Waals surface area contributed by atoms with Crippen molar-refractivity contribution in [3.8, 4) is 11.5 Å². The molecule has 0 radical (unpaired) electrons. The van der Waals surface area contributed by atoms with E-state index in [1.54, 1.807) is 4.90 Å². The summed E-state index contributed by atoms with van der Waals surface area (Å²) in [6, 6.07) is 4.95. The molecule has 3 aliphatic rings. The van der Waals surface area contributed by atoms with Gasteiger partial charge >= 0.3 is 0 Å². The van der Waals surface area contributed by atoms with Crippen LogP contribution in [0.2, 0.25) is 0 Å². The third-order valence-electron chi connectivity index (χ3n) is 6.53. The summed E-state index contributed by atoms with van der Waals surface area (Å²) in [4.78, 5) is 29.0. The normalized spacial score (nSPS) is 24.1. The number of aryl methyl sites for hydroxylation is 1. The van der Waals surface area contributed by atoms with Crippen molar-refractivity contribution >= 4 is 28.2 Å². The molecule has 34 heavy (non-hydrogen) atoms. The minimum Gasteiger partial charge on any atom is -0.490 e. The summed E-state index contributed by atoms with van der Waals surface area (Å²) in [6.07, 6.45) is 4.22. The van der Waals surface area contributed by atoms with E-state index >= 15 is 0 Å². The molecule has 2 aromatic rings. The van der Waals surface area contributed by atoms with Gasteiger partial charge < -0.3 is 14.2 Å². The molecule has 1 fully saturated rings. The van der Waals surface area contributed by atoms with Gasteiger partial charge in [0.15, 0.2) is 23.0 Å². The second-order valence-corrected chi connectivity index (χ2v) is 9.98. The van der Waals surface area contributed by atoms with E-state index in [-0.39, 0.29) is 29.5 Å². The standard InChI is InChI=1S/C25H29N3O5S/c1-4-12-32-18-11-10-15(13-19(18)31-5-2)21-20-22(29)16-8-6-7-9-17(16)33-23(20)24(30)28(21)25-27-26-14(3)34-25/h10-11,13,16-17,21H,4-9,12H2,1-3H3. The lowest BCUT2D eigenvalue weighted by molar-refractivity contribution is -0.131. The van der Waals surface area contributed by atoms with Crippen molar-refractivity contribution < 1.29 is 23.8 Å². The fraction of sp³-hybridized carbons (Fsp3) is 0.520. The summed E-state index contributed by atoms with van der Waals surface area (Å²) < 4.78 is 18.0. The quantitative estimate of drug-likeness (QED) is 0.571. The van der Waals surface area contributed by atoms with Gasteiger partial charge in [0.25, 0.3) is 5.91 Å². The van der Waals surface area contributed by atoms with E-state index in [0.717, 1.165) is 42.7 Å². The summed E-state index contributed by atoms with van der Waals surface area (Å²) in [7, 11) is 0. The summed E-state index contributed by atoms with van der Waals surface area (Å²) in [6.45, 7) is 6.83. The van der Waals surface area contributed by atoms with Gasteiger partial charge in [-0.1, -0.05) is 30.7 Å². The highest BCUT2D eigenvalue weighted by atomic mass is 32.1. The number of hydrogen-bond acceptors (Lipinski definition) is 8. The summed E-state index contributed by atoms with van der Waals surface area (Å²) in [5, 5.41) is 9.54. The highest BCUT2D eigenvalue weighted by molar-refractivity contribution is 7.15. The Labute approximate surface area is 202 Å². The van der Waals surface area contributed by atoms with E-state index in [2.05, 4.69) is 10.2 Å². The molecule has 9 heteroatoms. The number of Topliss-reactive ketones (excluding diaryl/α,β-unsaturated/α-hetero) is 1. The third kappa shape index (κ3) is 3.85. The number of amides is 1. The van der Waals surface area contributed by atoms with Crippen molar-refractivity contribution in [3.05, 3.63) is 40.1 Å². The van der Waals surface area contributed by atoms with Crippen molar-refractivity contribution in [2.75, 3.05) is 18.1 Å². The molecule has 1 amide bonds. The molecular formula is C25H29N3O5S. The van der Waals surface area contributed by atoms with Gasteiger partial charge in [-0.25, -0.2) is 0 Å². The van der Waals surface area contributed by atoms with Crippen LogP contribution in [-0.4, -0.2) is 41.2 Å². The first kappa shape index (κ1) is 22.8. The first-order valence-corrected chi connectivity index (χ1v) is 12.8. The van der Waals surface area contributed by atoms with Crippen LogP contribution in [0.5, 0.6) is 11.5 Å². The highest BCUT2D eigenvalue weighted by Crippen LogP contribution is 2.49. The van der Waals surface area contributed by atoms with E-state index in [0.29, 0.717) is 35.4 Å². The second kappa shape index (κ2) is 9.37. The first-order chi connectivity index (χ1) is 16.5. The van der Waals surface area contributed by atoms with Gasteiger partial charge in [-0.15, -0.1) is 10.2 Å². The molecule has 0 bridgehead atoms. The molecule has 1 aromatic heterocycles. The summed E-state index contributed by atoms with van der Waals surface area (Å²) in [5.41, 5.74) is 1.18. The Kier molecular flexibility index (Phi) is 6.29. The number of fused-ring (bicyclic) bond motifs is 1. The molecule has 0 N–H and O–H groups in total. The first-order valence-electron chi connectivity index (χ1n) is 12.0. The molecule has 2 aliphatic heterocycles. The molecule has 5 rings (SSSR count). The van der Waals surface area contributed by atoms with Gasteiger partial charge in [0.1, 0.15) is 11.1 Å². The zero-order valence-corrected chi connectivity index (χ0v) is 20.5. The lowest BCUT2D eigenvalue weighted by atomic mass is 9.77. The van der Waals surface area contributed by atoms with Crippen molar-refractivity contribution in [2.24, 2.45) is 5.92 Å². The van der Waals surface area contributed by atoms with Crippen LogP contribution in [0.4, 0.5) is 5.13 Å². The Morgan fingerprint density at radius 3 is 2.68 bits per heavy atom. The molecule has 3 heterocycles. The van der Waals surface area contributed by atoms with Crippen molar-refractivity contribution in [2.45, 2.75) is 65.0 Å². The van der Waals surface area contributed by atoms with Gasteiger partial charge in [0.05, 0.1) is 30.7 Å². The average molecular weight is 484 g/mol. The van der Waals surface area contributed by atoms with Crippen LogP contribution in [0.25, 0.3) is 0 Å². The Morgan fingerprint density at radius 2 is 1.94 bits per heavy atom. The molecular weight excluding hydrogens is 454 g/mol. The highest BCUT2D eigenvalue weighted by Gasteiger charge is 2.53. The molecule has 180 valence electrons. The number of ketones is 1. The number of rotatable bonds is 7. The van der Waals surface area contributed by atoms with Crippen molar-refractivity contribution in [1.82, 2.24) is 10.2 Å². The Morgan fingerprint density at radius 1 is 1.12 bits per heavy atom. The second-order valence-electron chi connectivity index (χ2n) is 8.82. The third-order valence-corrected chi connectivity index (χ3v) is 7.37. The lowest BCUT2D eigenvalue weighted by Gasteiger charge is -2.35. The fourth-order valence-electron chi connectivity index (χ4n) is 5.04. The number of carbonyl (C=O) groups excluding carboxylic acids is 2. The fourth-order valence-corrected chi connectivity index (χ4v) is 5.75. The van der Waals surface area contributed by atoms with Crippen LogP contribution in [0.3, 0.4) is 0 Å². The SMILES string of the molecule is CCCOc1ccc(C2C3=C(OC4CCCCC4C3=O)C(=O)N2c2nnc(C)s2)cc1OCC. The van der Waals surface area contributed by atoms with Gasteiger partial charge in [0.2, 0.25) is 5.13 Å². The Bertz CT molecular complexity index is 1140. The molecule has 8 nitrogen and oxygen atoms in total. The number of hydrogen-bond donors (Lipinski definition) is 0. The lowest BCUT2D eigenvalue weighted by Crippen LogP contribution is -2.39. The minimum atomic E-state index is -0.648. The predicted molar refractivity (Wildman–Crippen MR) is 127 cm³/mol. The number of ether oxygens (including phenoxy) is 3. The number of nitrogens with zero attached hydrogens (tertiary/aromatic N) is 3. The van der Waals surface area contributed by atoms with Gasteiger partial charge in [-0.3, -0.25) is 14.5 Å². The van der Waals surface area contributed by atoms with E-state index in [9.17, 15) is 9.59 Å². The maximum absolute atomic E-state index is 13.8.